The normalized spacial score (nSPS) is 14.0. The van der Waals surface area contributed by atoms with Crippen molar-refractivity contribution in [3.8, 4) is 5.75 Å². The van der Waals surface area contributed by atoms with Crippen molar-refractivity contribution in [3.63, 3.8) is 0 Å². The average Bonchev–Trinajstić information content (AvgIpc) is 3.28. The van der Waals surface area contributed by atoms with E-state index in [2.05, 4.69) is 0 Å². The first-order valence-corrected chi connectivity index (χ1v) is 6.85. The SMILES string of the molecule is O=C(Cc1ccc(F)c(F)c1)c1ccc(OC2CC2)cc1. The maximum atomic E-state index is 13.1. The molecule has 2 nitrogen and oxygen atoms in total. The number of carbonyl (C=O) groups excluding carboxylic acids is 1. The third-order valence-electron chi connectivity index (χ3n) is 3.35. The van der Waals surface area contributed by atoms with E-state index in [0.29, 0.717) is 17.2 Å². The van der Waals surface area contributed by atoms with E-state index in [1.807, 2.05) is 0 Å². The first-order chi connectivity index (χ1) is 10.1. The number of halogens is 2. The van der Waals surface area contributed by atoms with E-state index in [-0.39, 0.29) is 12.2 Å². The van der Waals surface area contributed by atoms with Gasteiger partial charge < -0.3 is 4.74 Å². The lowest BCUT2D eigenvalue weighted by molar-refractivity contribution is 0.0993. The molecule has 21 heavy (non-hydrogen) atoms. The summed E-state index contributed by atoms with van der Waals surface area (Å²) in [5, 5.41) is 0. The van der Waals surface area contributed by atoms with Crippen LogP contribution < -0.4 is 4.74 Å². The van der Waals surface area contributed by atoms with Crippen LogP contribution in [0.3, 0.4) is 0 Å². The smallest absolute Gasteiger partial charge is 0.167 e. The minimum Gasteiger partial charge on any atom is -0.490 e. The van der Waals surface area contributed by atoms with Gasteiger partial charge in [-0.05, 0) is 54.8 Å². The van der Waals surface area contributed by atoms with E-state index >= 15 is 0 Å². The maximum Gasteiger partial charge on any atom is 0.167 e. The second-order valence-electron chi connectivity index (χ2n) is 5.19. The van der Waals surface area contributed by atoms with E-state index < -0.39 is 11.6 Å². The van der Waals surface area contributed by atoms with Crippen LogP contribution in [0.2, 0.25) is 0 Å². The molecule has 0 bridgehead atoms. The van der Waals surface area contributed by atoms with Crippen LogP contribution in [0.1, 0.15) is 28.8 Å². The van der Waals surface area contributed by atoms with Crippen LogP contribution in [0.4, 0.5) is 8.78 Å². The van der Waals surface area contributed by atoms with Crippen molar-refractivity contribution in [1.29, 1.82) is 0 Å². The highest BCUT2D eigenvalue weighted by atomic mass is 19.2. The Kier molecular flexibility index (Phi) is 3.69. The van der Waals surface area contributed by atoms with Crippen LogP contribution in [0.5, 0.6) is 5.75 Å². The Morgan fingerprint density at radius 3 is 2.38 bits per heavy atom. The summed E-state index contributed by atoms with van der Waals surface area (Å²) in [5.41, 5.74) is 0.986. The number of benzene rings is 2. The van der Waals surface area contributed by atoms with Gasteiger partial charge in [0.05, 0.1) is 6.10 Å². The number of hydrogen-bond acceptors (Lipinski definition) is 2. The number of hydrogen-bond donors (Lipinski definition) is 0. The monoisotopic (exact) mass is 288 g/mol. The van der Waals surface area contributed by atoms with Gasteiger partial charge in [0.2, 0.25) is 0 Å². The standard InChI is InChI=1S/C17H14F2O2/c18-15-8-1-11(9-16(15)19)10-17(20)12-2-4-13(5-3-12)21-14-6-7-14/h1-5,8-9,14H,6-7,10H2. The molecule has 0 radical (unpaired) electrons. The molecule has 1 saturated carbocycles. The minimum absolute atomic E-state index is 0.0417. The van der Waals surface area contributed by atoms with Crippen LogP contribution in [0, 0.1) is 11.6 Å². The summed E-state index contributed by atoms with van der Waals surface area (Å²) < 4.78 is 31.6. The number of ether oxygens (including phenoxy) is 1. The molecule has 0 spiro atoms. The Morgan fingerprint density at radius 1 is 1.05 bits per heavy atom. The van der Waals surface area contributed by atoms with Crippen molar-refractivity contribution < 1.29 is 18.3 Å². The second-order valence-corrected chi connectivity index (χ2v) is 5.19. The summed E-state index contributed by atoms with van der Waals surface area (Å²) in [6.45, 7) is 0. The molecular weight excluding hydrogens is 274 g/mol. The molecule has 108 valence electrons. The van der Waals surface area contributed by atoms with E-state index in [1.165, 1.54) is 6.07 Å². The highest BCUT2D eigenvalue weighted by Gasteiger charge is 2.23. The molecule has 0 unspecified atom stereocenters. The predicted octanol–water partition coefficient (Wildman–Crippen LogP) is 3.93. The molecule has 0 amide bonds. The zero-order valence-electron chi connectivity index (χ0n) is 11.3. The second kappa shape index (κ2) is 5.64. The van der Waals surface area contributed by atoms with Gasteiger partial charge in [-0.1, -0.05) is 6.07 Å². The van der Waals surface area contributed by atoms with Crippen molar-refractivity contribution in [2.75, 3.05) is 0 Å². The molecule has 2 aromatic carbocycles. The molecule has 1 fully saturated rings. The molecule has 4 heteroatoms. The van der Waals surface area contributed by atoms with E-state index in [4.69, 9.17) is 4.74 Å². The zero-order chi connectivity index (χ0) is 14.8. The van der Waals surface area contributed by atoms with E-state index in [1.54, 1.807) is 24.3 Å². The third-order valence-corrected chi connectivity index (χ3v) is 3.35. The van der Waals surface area contributed by atoms with Crippen molar-refractivity contribution in [3.05, 3.63) is 65.2 Å². The van der Waals surface area contributed by atoms with Gasteiger partial charge in [-0.25, -0.2) is 8.78 Å². The quantitative estimate of drug-likeness (QED) is 0.779. The highest BCUT2D eigenvalue weighted by molar-refractivity contribution is 5.97. The zero-order valence-corrected chi connectivity index (χ0v) is 11.3. The van der Waals surface area contributed by atoms with Gasteiger partial charge in [-0.15, -0.1) is 0 Å². The maximum absolute atomic E-state index is 13.1. The predicted molar refractivity (Wildman–Crippen MR) is 74.5 cm³/mol. The van der Waals surface area contributed by atoms with Gasteiger partial charge in [0.25, 0.3) is 0 Å². The summed E-state index contributed by atoms with van der Waals surface area (Å²) in [4.78, 5) is 12.1. The fourth-order valence-corrected chi connectivity index (χ4v) is 2.03. The Bertz CT molecular complexity index is 661. The van der Waals surface area contributed by atoms with E-state index in [0.717, 1.165) is 30.7 Å². The molecule has 0 heterocycles. The van der Waals surface area contributed by atoms with Crippen molar-refractivity contribution in [2.24, 2.45) is 0 Å². The lowest BCUT2D eigenvalue weighted by atomic mass is 10.0. The number of rotatable bonds is 5. The summed E-state index contributed by atoms with van der Waals surface area (Å²) in [6, 6.07) is 10.4. The molecule has 1 aliphatic rings. The van der Waals surface area contributed by atoms with E-state index in [9.17, 15) is 13.6 Å². The Labute approximate surface area is 121 Å². The van der Waals surface area contributed by atoms with Crippen molar-refractivity contribution in [2.45, 2.75) is 25.4 Å². The largest absolute Gasteiger partial charge is 0.490 e. The van der Waals surface area contributed by atoms with Gasteiger partial charge in [0.1, 0.15) is 5.75 Å². The Balaban J connectivity index is 1.67. The van der Waals surface area contributed by atoms with Crippen LogP contribution in [0.15, 0.2) is 42.5 Å². The summed E-state index contributed by atoms with van der Waals surface area (Å²) in [7, 11) is 0. The van der Waals surface area contributed by atoms with Crippen LogP contribution >= 0.6 is 0 Å². The number of ketones is 1. The van der Waals surface area contributed by atoms with Crippen LogP contribution in [-0.2, 0) is 6.42 Å². The topological polar surface area (TPSA) is 26.3 Å². The summed E-state index contributed by atoms with van der Waals surface area (Å²) >= 11 is 0. The average molecular weight is 288 g/mol. The Hall–Kier alpha value is -2.23. The molecule has 3 rings (SSSR count). The molecule has 1 aliphatic carbocycles. The summed E-state index contributed by atoms with van der Waals surface area (Å²) in [5.74, 6) is -1.23. The highest BCUT2D eigenvalue weighted by Crippen LogP contribution is 2.26. The number of carbonyl (C=O) groups is 1. The molecule has 0 aliphatic heterocycles. The molecule has 0 saturated heterocycles. The third kappa shape index (κ3) is 3.45. The fourth-order valence-electron chi connectivity index (χ4n) is 2.03. The molecule has 0 N–H and O–H groups in total. The van der Waals surface area contributed by atoms with Crippen molar-refractivity contribution >= 4 is 5.78 Å². The minimum atomic E-state index is -0.937. The molecule has 0 atom stereocenters. The first-order valence-electron chi connectivity index (χ1n) is 6.85. The van der Waals surface area contributed by atoms with Gasteiger partial charge >= 0.3 is 0 Å². The molecular formula is C17H14F2O2. The molecule has 0 aromatic heterocycles. The lowest BCUT2D eigenvalue weighted by Gasteiger charge is -2.06. The van der Waals surface area contributed by atoms with Crippen molar-refractivity contribution in [1.82, 2.24) is 0 Å². The van der Waals surface area contributed by atoms with Crippen LogP contribution in [0.25, 0.3) is 0 Å². The van der Waals surface area contributed by atoms with Crippen LogP contribution in [-0.4, -0.2) is 11.9 Å². The first kappa shape index (κ1) is 13.7. The van der Waals surface area contributed by atoms with Gasteiger partial charge in [0, 0.05) is 12.0 Å². The van der Waals surface area contributed by atoms with Gasteiger partial charge in [-0.3, -0.25) is 4.79 Å². The van der Waals surface area contributed by atoms with Gasteiger partial charge in [-0.2, -0.15) is 0 Å². The van der Waals surface area contributed by atoms with Gasteiger partial charge in [0.15, 0.2) is 17.4 Å². The fraction of sp³-hybridized carbons (Fsp3) is 0.235. The lowest BCUT2D eigenvalue weighted by Crippen LogP contribution is -2.04. The molecule has 2 aromatic rings. The number of Topliss-reactive ketones (excluding diaryl/α,β-unsaturated/α-hetero) is 1. The summed E-state index contributed by atoms with van der Waals surface area (Å²) in [6.07, 6.45) is 2.52. The Morgan fingerprint density at radius 2 is 1.76 bits per heavy atom.